The van der Waals surface area contributed by atoms with Gasteiger partial charge in [0.25, 0.3) is 5.91 Å². The molecular weight excluding hydrogens is 380 g/mol. The zero-order valence-electron chi connectivity index (χ0n) is 14.6. The lowest BCUT2D eigenvalue weighted by Crippen LogP contribution is -2.32. The minimum absolute atomic E-state index is 0.0175. The van der Waals surface area contributed by atoms with Crippen LogP contribution in [-0.4, -0.2) is 40.2 Å². The Kier molecular flexibility index (Phi) is 6.06. The molecule has 0 aromatic heterocycles. The summed E-state index contributed by atoms with van der Waals surface area (Å²) in [5.74, 6) is 0.473. The van der Waals surface area contributed by atoms with E-state index in [-0.39, 0.29) is 40.8 Å². The summed E-state index contributed by atoms with van der Waals surface area (Å²) in [7, 11) is -3.81. The zero-order valence-corrected chi connectivity index (χ0v) is 16.2. The van der Waals surface area contributed by atoms with Gasteiger partial charge in [-0.3, -0.25) is 4.79 Å². The Morgan fingerprint density at radius 3 is 2.88 bits per heavy atom. The van der Waals surface area contributed by atoms with Crippen molar-refractivity contribution in [2.24, 2.45) is 5.92 Å². The molecule has 144 valence electrons. The fourth-order valence-electron chi connectivity index (χ4n) is 3.28. The minimum Gasteiger partial charge on any atom is -0.482 e. The van der Waals surface area contributed by atoms with Gasteiger partial charge in [0.2, 0.25) is 10.0 Å². The van der Waals surface area contributed by atoms with Gasteiger partial charge in [0.15, 0.2) is 6.61 Å². The molecule has 26 heavy (non-hydrogen) atoms. The Bertz CT molecular complexity index is 784. The van der Waals surface area contributed by atoms with Crippen molar-refractivity contribution in [3.63, 3.8) is 0 Å². The lowest BCUT2D eigenvalue weighted by Gasteiger charge is -2.28. The summed E-state index contributed by atoms with van der Waals surface area (Å²) < 4.78 is 38.6. The van der Waals surface area contributed by atoms with E-state index in [2.05, 4.69) is 17.0 Å². The molecule has 1 amide bonds. The molecular formula is C17H23ClN2O5S. The van der Waals surface area contributed by atoms with Gasteiger partial charge in [-0.2, -0.15) is 0 Å². The van der Waals surface area contributed by atoms with Crippen molar-refractivity contribution in [1.29, 1.82) is 0 Å². The predicted octanol–water partition coefficient (Wildman–Crippen LogP) is 2.54. The van der Waals surface area contributed by atoms with Crippen LogP contribution in [0, 0.1) is 5.92 Å². The van der Waals surface area contributed by atoms with Gasteiger partial charge in [0.1, 0.15) is 10.6 Å². The lowest BCUT2D eigenvalue weighted by atomic mass is 9.88. The fraction of sp³-hybridized carbons (Fsp3) is 0.588. The van der Waals surface area contributed by atoms with Crippen LogP contribution in [-0.2, 0) is 19.6 Å². The van der Waals surface area contributed by atoms with Crippen LogP contribution in [0.1, 0.15) is 32.6 Å². The molecule has 9 heteroatoms. The van der Waals surface area contributed by atoms with E-state index in [4.69, 9.17) is 21.1 Å². The summed E-state index contributed by atoms with van der Waals surface area (Å²) in [6, 6.07) is 2.70. The number of carbonyl (C=O) groups excluding carboxylic acids is 1. The first-order valence-electron chi connectivity index (χ1n) is 8.74. The van der Waals surface area contributed by atoms with Crippen molar-refractivity contribution in [3.8, 4) is 5.75 Å². The quantitative estimate of drug-likeness (QED) is 0.713. The number of sulfonamides is 1. The first-order chi connectivity index (χ1) is 12.4. The number of hydrogen-bond donors (Lipinski definition) is 2. The molecule has 1 saturated carbocycles. The van der Waals surface area contributed by atoms with E-state index < -0.39 is 10.0 Å². The van der Waals surface area contributed by atoms with Crippen LogP contribution < -0.4 is 14.8 Å². The number of fused-ring (bicyclic) bond motifs is 1. The highest BCUT2D eigenvalue weighted by atomic mass is 35.5. The fourth-order valence-corrected chi connectivity index (χ4v) is 4.84. The van der Waals surface area contributed by atoms with Crippen LogP contribution in [0.15, 0.2) is 17.0 Å². The van der Waals surface area contributed by atoms with E-state index >= 15 is 0 Å². The maximum absolute atomic E-state index is 12.5. The van der Waals surface area contributed by atoms with Crippen molar-refractivity contribution in [2.45, 2.75) is 43.6 Å². The molecule has 1 aromatic rings. The molecule has 1 heterocycles. The molecule has 7 nitrogen and oxygen atoms in total. The standard InChI is InChI=1S/C17H23ClN2O5S/c1-11-4-2-3-5-14(11)24-7-6-19-26(22,23)16-9-15-13(8-12(16)18)20-17(21)10-25-15/h8-9,11,14,19H,2-7,10H2,1H3,(H,20,21). The number of amides is 1. The predicted molar refractivity (Wildman–Crippen MR) is 98.1 cm³/mol. The highest BCUT2D eigenvalue weighted by Crippen LogP contribution is 2.35. The smallest absolute Gasteiger partial charge is 0.262 e. The molecule has 1 aliphatic carbocycles. The molecule has 2 atom stereocenters. The Balaban J connectivity index is 1.60. The number of halogens is 1. The first kappa shape index (κ1) is 19.4. The number of hydrogen-bond acceptors (Lipinski definition) is 5. The van der Waals surface area contributed by atoms with Gasteiger partial charge >= 0.3 is 0 Å². The van der Waals surface area contributed by atoms with Crippen LogP contribution in [0.3, 0.4) is 0 Å². The number of nitrogens with one attached hydrogen (secondary N) is 2. The van der Waals surface area contributed by atoms with Gasteiger partial charge in [-0.15, -0.1) is 0 Å². The van der Waals surface area contributed by atoms with Crippen molar-refractivity contribution >= 4 is 33.2 Å². The number of benzene rings is 1. The zero-order chi connectivity index (χ0) is 18.7. The summed E-state index contributed by atoms with van der Waals surface area (Å²) in [4.78, 5) is 11.2. The lowest BCUT2D eigenvalue weighted by molar-refractivity contribution is -0.118. The van der Waals surface area contributed by atoms with Crippen molar-refractivity contribution < 1.29 is 22.7 Å². The first-order valence-corrected chi connectivity index (χ1v) is 10.6. The maximum atomic E-state index is 12.5. The van der Waals surface area contributed by atoms with E-state index in [0.29, 0.717) is 18.2 Å². The second kappa shape index (κ2) is 8.12. The van der Waals surface area contributed by atoms with Crippen molar-refractivity contribution in [3.05, 3.63) is 17.2 Å². The third kappa shape index (κ3) is 4.49. The Morgan fingerprint density at radius 1 is 1.35 bits per heavy atom. The van der Waals surface area contributed by atoms with Gasteiger partial charge in [-0.1, -0.05) is 31.4 Å². The van der Waals surface area contributed by atoms with Crippen LogP contribution in [0.4, 0.5) is 5.69 Å². The van der Waals surface area contributed by atoms with Crippen LogP contribution in [0.2, 0.25) is 5.02 Å². The average molecular weight is 403 g/mol. The second-order valence-electron chi connectivity index (χ2n) is 6.68. The highest BCUT2D eigenvalue weighted by molar-refractivity contribution is 7.89. The van der Waals surface area contributed by atoms with Crippen molar-refractivity contribution in [2.75, 3.05) is 25.1 Å². The SMILES string of the molecule is CC1CCCCC1OCCNS(=O)(=O)c1cc2c(cc1Cl)NC(=O)CO2. The minimum atomic E-state index is -3.81. The van der Waals surface area contributed by atoms with Crippen LogP contribution in [0.25, 0.3) is 0 Å². The molecule has 2 N–H and O–H groups in total. The molecule has 3 rings (SSSR count). The van der Waals surface area contributed by atoms with Gasteiger partial charge < -0.3 is 14.8 Å². The Hall–Kier alpha value is -1.35. The van der Waals surface area contributed by atoms with E-state index in [1.54, 1.807) is 0 Å². The Labute approximate surface area is 158 Å². The molecule has 1 aromatic carbocycles. The number of rotatable bonds is 6. The molecule has 0 radical (unpaired) electrons. The van der Waals surface area contributed by atoms with Gasteiger partial charge in [0.05, 0.1) is 23.4 Å². The summed E-state index contributed by atoms with van der Waals surface area (Å²) in [5, 5.41) is 2.61. The maximum Gasteiger partial charge on any atom is 0.262 e. The topological polar surface area (TPSA) is 93.7 Å². The van der Waals surface area contributed by atoms with Gasteiger partial charge in [-0.25, -0.2) is 13.1 Å². The Morgan fingerprint density at radius 2 is 2.12 bits per heavy atom. The summed E-state index contributed by atoms with van der Waals surface area (Å²) in [6.07, 6.45) is 4.75. The van der Waals surface area contributed by atoms with E-state index in [0.717, 1.165) is 19.3 Å². The molecule has 2 aliphatic rings. The molecule has 0 saturated heterocycles. The molecule has 0 bridgehead atoms. The monoisotopic (exact) mass is 402 g/mol. The highest BCUT2D eigenvalue weighted by Gasteiger charge is 2.25. The number of ether oxygens (including phenoxy) is 2. The van der Waals surface area contributed by atoms with Gasteiger partial charge in [-0.05, 0) is 24.8 Å². The van der Waals surface area contributed by atoms with Crippen molar-refractivity contribution in [1.82, 2.24) is 4.72 Å². The van der Waals surface area contributed by atoms with Crippen LogP contribution >= 0.6 is 11.6 Å². The summed E-state index contributed by atoms with van der Waals surface area (Å²) in [5.41, 5.74) is 0.361. The van der Waals surface area contributed by atoms with Crippen LogP contribution in [0.5, 0.6) is 5.75 Å². The normalized spacial score (nSPS) is 23.1. The molecule has 1 fully saturated rings. The third-order valence-corrected chi connectivity index (χ3v) is 6.64. The summed E-state index contributed by atoms with van der Waals surface area (Å²) >= 11 is 6.09. The number of anilines is 1. The van der Waals surface area contributed by atoms with E-state index in [9.17, 15) is 13.2 Å². The largest absolute Gasteiger partial charge is 0.482 e. The molecule has 2 unspecified atom stereocenters. The van der Waals surface area contributed by atoms with Gasteiger partial charge in [0, 0.05) is 12.6 Å². The molecule has 0 spiro atoms. The third-order valence-electron chi connectivity index (χ3n) is 4.72. The number of carbonyl (C=O) groups is 1. The average Bonchev–Trinajstić information content (AvgIpc) is 2.59. The molecule has 1 aliphatic heterocycles. The summed E-state index contributed by atoms with van der Waals surface area (Å²) in [6.45, 7) is 2.48. The van der Waals surface area contributed by atoms with E-state index in [1.165, 1.54) is 18.6 Å². The second-order valence-corrected chi connectivity index (χ2v) is 8.83. The van der Waals surface area contributed by atoms with E-state index in [1.807, 2.05) is 0 Å².